The van der Waals surface area contributed by atoms with Crippen LogP contribution in [0.5, 0.6) is 0 Å². The Morgan fingerprint density at radius 2 is 1.62 bits per heavy atom. The Labute approximate surface area is 49.2 Å². The highest BCUT2D eigenvalue weighted by Gasteiger charge is 2.36. The van der Waals surface area contributed by atoms with E-state index in [1.165, 1.54) is 0 Å². The number of carbonyl (C=O) groups excluding carboxylic acids is 2. The molecule has 1 rings (SSSR count). The summed E-state index contributed by atoms with van der Waals surface area (Å²) >= 11 is -1.79. The highest BCUT2D eigenvalue weighted by atomic mass is 32.2. The molecule has 1 aliphatic heterocycles. The Morgan fingerprint density at radius 1 is 1.25 bits per heavy atom. The van der Waals surface area contributed by atoms with Crippen molar-refractivity contribution < 1.29 is 14.1 Å². The van der Waals surface area contributed by atoms with E-state index in [1.54, 1.807) is 0 Å². The molecule has 0 atom stereocenters. The van der Waals surface area contributed by atoms with Crippen LogP contribution >= 0.6 is 0 Å². The molecule has 0 radical (unpaired) electrons. The molecule has 0 aromatic carbocycles. The first-order valence-corrected chi connectivity index (χ1v) is 3.34. The fraction of sp³-hybridized carbons (Fsp3) is 0.500. The average molecular weight is 132 g/mol. The maximum Gasteiger partial charge on any atom is 0.338 e. The van der Waals surface area contributed by atoms with Crippen LogP contribution in [0, 0.1) is 0 Å². The Morgan fingerprint density at radius 3 is 1.75 bits per heavy atom. The first-order chi connectivity index (χ1) is 3.72. The molecule has 0 N–H and O–H groups in total. The van der Waals surface area contributed by atoms with Crippen molar-refractivity contribution in [1.29, 1.82) is 0 Å². The smallest absolute Gasteiger partial charge is 0.338 e. The van der Waals surface area contributed by atoms with E-state index < -0.39 is 21.4 Å². The summed E-state index contributed by atoms with van der Waals surface area (Å²) in [4.78, 5) is 20.5. The third-order valence-electron chi connectivity index (χ3n) is 0.947. The van der Waals surface area contributed by atoms with Gasteiger partial charge in [0.05, 0.1) is 24.0 Å². The molecule has 1 heterocycles. The zero-order valence-electron chi connectivity index (χ0n) is 4.05. The zero-order chi connectivity index (χ0) is 6.15. The van der Waals surface area contributed by atoms with Crippen molar-refractivity contribution in [2.75, 3.05) is 0 Å². The lowest BCUT2D eigenvalue weighted by Crippen LogP contribution is -2.12. The monoisotopic (exact) mass is 132 g/mol. The van der Waals surface area contributed by atoms with Gasteiger partial charge in [-0.05, 0) is 0 Å². The van der Waals surface area contributed by atoms with Crippen LogP contribution in [0.25, 0.3) is 0 Å². The third-order valence-corrected chi connectivity index (χ3v) is 2.18. The van der Waals surface area contributed by atoms with Gasteiger partial charge in [0, 0.05) is 0 Å². The summed E-state index contributed by atoms with van der Waals surface area (Å²) in [5, 5.41) is -0.843. The molecule has 4 heteroatoms. The predicted octanol–water partition coefficient (Wildman–Crippen LogP) is -0.418. The van der Waals surface area contributed by atoms with Crippen LogP contribution in [0.2, 0.25) is 0 Å². The van der Waals surface area contributed by atoms with Crippen LogP contribution < -0.4 is 0 Å². The molecule has 0 bridgehead atoms. The summed E-state index contributed by atoms with van der Waals surface area (Å²) in [5.74, 6) is 0. The summed E-state index contributed by atoms with van der Waals surface area (Å²) in [6, 6.07) is 0. The van der Waals surface area contributed by atoms with Gasteiger partial charge in [0.1, 0.15) is 0 Å². The SMILES string of the molecule is O=C1CCC(=O)[S+]1[O-]. The van der Waals surface area contributed by atoms with E-state index in [9.17, 15) is 14.1 Å². The van der Waals surface area contributed by atoms with Crippen LogP contribution in [-0.2, 0) is 20.8 Å². The molecule has 1 aliphatic rings. The Bertz CT molecular complexity index is 126. The van der Waals surface area contributed by atoms with E-state index in [-0.39, 0.29) is 12.8 Å². The maximum absolute atomic E-state index is 10.3. The first kappa shape index (κ1) is 5.78. The average Bonchev–Trinajstić information content (AvgIpc) is 1.98. The molecule has 0 spiro atoms. The quantitative estimate of drug-likeness (QED) is 0.421. The molecular formula is C4H4O3S. The van der Waals surface area contributed by atoms with E-state index in [0.29, 0.717) is 0 Å². The normalized spacial score (nSPS) is 22.6. The third kappa shape index (κ3) is 0.763. The van der Waals surface area contributed by atoms with Gasteiger partial charge in [-0.3, -0.25) is 0 Å². The first-order valence-electron chi connectivity index (χ1n) is 2.19. The summed E-state index contributed by atoms with van der Waals surface area (Å²) in [6.45, 7) is 0. The second kappa shape index (κ2) is 1.87. The number of hydrogen-bond acceptors (Lipinski definition) is 3. The molecule has 3 nitrogen and oxygen atoms in total. The van der Waals surface area contributed by atoms with Gasteiger partial charge in [0.25, 0.3) is 0 Å². The van der Waals surface area contributed by atoms with Crippen molar-refractivity contribution in [2.24, 2.45) is 0 Å². The molecule has 0 aromatic heterocycles. The van der Waals surface area contributed by atoms with E-state index in [0.717, 1.165) is 0 Å². The second-order valence-electron chi connectivity index (χ2n) is 1.51. The van der Waals surface area contributed by atoms with Gasteiger partial charge in [-0.2, -0.15) is 0 Å². The van der Waals surface area contributed by atoms with Crippen molar-refractivity contribution >= 4 is 21.4 Å². The van der Waals surface area contributed by atoms with Crippen molar-refractivity contribution in [2.45, 2.75) is 12.8 Å². The van der Waals surface area contributed by atoms with Gasteiger partial charge in [-0.1, -0.05) is 0 Å². The number of carbonyl (C=O) groups is 2. The fourth-order valence-electron chi connectivity index (χ4n) is 0.516. The van der Waals surface area contributed by atoms with Gasteiger partial charge < -0.3 is 4.55 Å². The highest BCUT2D eigenvalue weighted by molar-refractivity contribution is 8.19. The Kier molecular flexibility index (Phi) is 1.35. The minimum atomic E-state index is -1.79. The highest BCUT2D eigenvalue weighted by Crippen LogP contribution is 2.13. The van der Waals surface area contributed by atoms with Crippen molar-refractivity contribution in [3.63, 3.8) is 0 Å². The van der Waals surface area contributed by atoms with Gasteiger partial charge in [-0.15, -0.1) is 0 Å². The summed E-state index contributed by atoms with van der Waals surface area (Å²) < 4.78 is 10.3. The lowest BCUT2D eigenvalue weighted by atomic mass is 10.4. The van der Waals surface area contributed by atoms with Crippen LogP contribution in [-0.4, -0.2) is 14.8 Å². The summed E-state index contributed by atoms with van der Waals surface area (Å²) in [6.07, 6.45) is 0.344. The number of hydrogen-bond donors (Lipinski definition) is 0. The van der Waals surface area contributed by atoms with E-state index in [1.807, 2.05) is 0 Å². The Hall–Kier alpha value is -0.350. The van der Waals surface area contributed by atoms with Gasteiger partial charge in [-0.25, -0.2) is 9.59 Å². The number of rotatable bonds is 0. The van der Waals surface area contributed by atoms with Crippen molar-refractivity contribution in [3.05, 3.63) is 0 Å². The van der Waals surface area contributed by atoms with E-state index >= 15 is 0 Å². The van der Waals surface area contributed by atoms with E-state index in [2.05, 4.69) is 0 Å². The largest absolute Gasteiger partial charge is 0.602 e. The minimum absolute atomic E-state index is 0.172. The molecule has 1 saturated heterocycles. The van der Waals surface area contributed by atoms with Gasteiger partial charge >= 0.3 is 10.2 Å². The predicted molar refractivity (Wildman–Crippen MR) is 27.4 cm³/mol. The molecule has 0 amide bonds. The van der Waals surface area contributed by atoms with Crippen LogP contribution in [0.15, 0.2) is 0 Å². The Balaban J connectivity index is 2.70. The summed E-state index contributed by atoms with van der Waals surface area (Å²) in [7, 11) is 0. The molecule has 0 aromatic rings. The molecule has 0 saturated carbocycles. The second-order valence-corrected chi connectivity index (χ2v) is 2.96. The maximum atomic E-state index is 10.3. The molecule has 0 aliphatic carbocycles. The standard InChI is InChI=1S/C4H4O3S/c5-3-1-2-4(6)8(3)7/h1-2H2. The van der Waals surface area contributed by atoms with Crippen LogP contribution in [0.4, 0.5) is 0 Å². The lowest BCUT2D eigenvalue weighted by Gasteiger charge is -1.91. The van der Waals surface area contributed by atoms with Crippen LogP contribution in [0.1, 0.15) is 12.8 Å². The van der Waals surface area contributed by atoms with Gasteiger partial charge in [0.2, 0.25) is 0 Å². The molecule has 8 heavy (non-hydrogen) atoms. The van der Waals surface area contributed by atoms with Crippen molar-refractivity contribution in [1.82, 2.24) is 0 Å². The van der Waals surface area contributed by atoms with Gasteiger partial charge in [0.15, 0.2) is 0 Å². The minimum Gasteiger partial charge on any atom is -0.602 e. The molecule has 44 valence electrons. The lowest BCUT2D eigenvalue weighted by molar-refractivity contribution is -0.112. The van der Waals surface area contributed by atoms with Crippen LogP contribution in [0.3, 0.4) is 0 Å². The fourth-order valence-corrected chi connectivity index (χ4v) is 1.35. The summed E-state index contributed by atoms with van der Waals surface area (Å²) in [5.41, 5.74) is 0. The molecular weight excluding hydrogens is 128 g/mol. The zero-order valence-corrected chi connectivity index (χ0v) is 4.86. The molecule has 0 unspecified atom stereocenters. The topological polar surface area (TPSA) is 57.2 Å². The van der Waals surface area contributed by atoms with Crippen molar-refractivity contribution in [3.8, 4) is 0 Å². The molecule has 1 fully saturated rings. The van der Waals surface area contributed by atoms with E-state index in [4.69, 9.17) is 0 Å².